The van der Waals surface area contributed by atoms with Crippen LogP contribution < -0.4 is 0 Å². The lowest BCUT2D eigenvalue weighted by Gasteiger charge is -1.91. The molecule has 0 N–H and O–H groups in total. The van der Waals surface area contributed by atoms with Crippen molar-refractivity contribution < 1.29 is 4.74 Å². The summed E-state index contributed by atoms with van der Waals surface area (Å²) in [6.07, 6.45) is 1.19. The van der Waals surface area contributed by atoms with Gasteiger partial charge in [-0.3, -0.25) is 0 Å². The lowest BCUT2D eigenvalue weighted by molar-refractivity contribution is 0.352. The van der Waals surface area contributed by atoms with E-state index in [1.165, 1.54) is 0 Å². The highest BCUT2D eigenvalue weighted by Crippen LogP contribution is 2.42. The fraction of sp³-hybridized carbons (Fsp3) is 1.00. The average Bonchev–Trinajstić information content (AvgIpc) is 2.18. The highest BCUT2D eigenvalue weighted by molar-refractivity contribution is 6.24. The van der Waals surface area contributed by atoms with E-state index in [9.17, 15) is 0 Å². The molecule has 1 fully saturated rings. The van der Waals surface area contributed by atoms with Crippen LogP contribution in [0.1, 0.15) is 20.3 Å². The lowest BCUT2D eigenvalue weighted by Crippen LogP contribution is -1.99. The van der Waals surface area contributed by atoms with Crippen molar-refractivity contribution in [3.8, 4) is 0 Å². The molecule has 2 unspecified atom stereocenters. The van der Waals surface area contributed by atoms with Crippen LogP contribution >= 0.6 is 11.6 Å². The first-order valence-corrected chi connectivity index (χ1v) is 2.93. The Kier molecular flexibility index (Phi) is 1.05. The average molecular weight is 121 g/mol. The third-order valence-corrected chi connectivity index (χ3v) is 2.07. The topological polar surface area (TPSA) is 12.5 Å². The zero-order valence-corrected chi connectivity index (χ0v) is 5.33. The predicted molar refractivity (Wildman–Crippen MR) is 29.4 cm³/mol. The lowest BCUT2D eigenvalue weighted by atomic mass is 10.3. The van der Waals surface area contributed by atoms with Gasteiger partial charge in [0.15, 0.2) is 5.06 Å². The van der Waals surface area contributed by atoms with Gasteiger partial charge in [-0.15, -0.1) is 0 Å². The Morgan fingerprint density at radius 1 is 1.86 bits per heavy atom. The summed E-state index contributed by atoms with van der Waals surface area (Å²) in [6, 6.07) is 0. The van der Waals surface area contributed by atoms with Crippen LogP contribution in [0.2, 0.25) is 0 Å². The molecule has 1 saturated heterocycles. The molecular formula is C5H9ClO. The summed E-state index contributed by atoms with van der Waals surface area (Å²) in [7, 11) is 0. The highest BCUT2D eigenvalue weighted by atomic mass is 35.5. The molecule has 1 heterocycles. The molecule has 1 nitrogen and oxygen atoms in total. The second-order valence-corrected chi connectivity index (χ2v) is 2.54. The minimum atomic E-state index is -0.278. The molecule has 0 aliphatic carbocycles. The van der Waals surface area contributed by atoms with Crippen LogP contribution in [0, 0.1) is 0 Å². The van der Waals surface area contributed by atoms with Gasteiger partial charge in [0.25, 0.3) is 0 Å². The zero-order valence-electron chi connectivity index (χ0n) is 4.57. The van der Waals surface area contributed by atoms with Crippen molar-refractivity contribution in [1.29, 1.82) is 0 Å². The van der Waals surface area contributed by atoms with Crippen molar-refractivity contribution in [3.05, 3.63) is 0 Å². The van der Waals surface area contributed by atoms with Crippen LogP contribution in [0.15, 0.2) is 0 Å². The fourth-order valence-electron chi connectivity index (χ4n) is 0.631. The molecular weight excluding hydrogens is 112 g/mol. The van der Waals surface area contributed by atoms with E-state index < -0.39 is 0 Å². The normalized spacial score (nSPS) is 49.3. The maximum atomic E-state index is 5.76. The Morgan fingerprint density at radius 3 is 2.29 bits per heavy atom. The summed E-state index contributed by atoms with van der Waals surface area (Å²) >= 11 is 5.76. The van der Waals surface area contributed by atoms with Gasteiger partial charge in [0.2, 0.25) is 0 Å². The van der Waals surface area contributed by atoms with E-state index >= 15 is 0 Å². The van der Waals surface area contributed by atoms with Crippen molar-refractivity contribution in [2.45, 2.75) is 31.4 Å². The number of hydrogen-bond donors (Lipinski definition) is 0. The van der Waals surface area contributed by atoms with E-state index in [1.54, 1.807) is 0 Å². The number of alkyl halides is 1. The quantitative estimate of drug-likeness (QED) is 0.380. The van der Waals surface area contributed by atoms with Gasteiger partial charge in [-0.1, -0.05) is 18.5 Å². The van der Waals surface area contributed by atoms with E-state index in [0.717, 1.165) is 6.42 Å². The Hall–Kier alpha value is 0.250. The van der Waals surface area contributed by atoms with Gasteiger partial charge in [-0.25, -0.2) is 0 Å². The van der Waals surface area contributed by atoms with Crippen LogP contribution in [0.5, 0.6) is 0 Å². The maximum Gasteiger partial charge on any atom is 0.167 e. The summed E-state index contributed by atoms with van der Waals surface area (Å²) in [5.41, 5.74) is 0. The van der Waals surface area contributed by atoms with Crippen molar-refractivity contribution in [2.24, 2.45) is 0 Å². The van der Waals surface area contributed by atoms with Crippen LogP contribution in [-0.4, -0.2) is 11.2 Å². The summed E-state index contributed by atoms with van der Waals surface area (Å²) in [6.45, 7) is 4.01. The SMILES string of the molecule is CCC1(Cl)OC1C. The fourth-order valence-corrected chi connectivity index (χ4v) is 0.764. The summed E-state index contributed by atoms with van der Waals surface area (Å²) < 4.78 is 5.02. The van der Waals surface area contributed by atoms with Crippen molar-refractivity contribution in [3.63, 3.8) is 0 Å². The first kappa shape index (κ1) is 5.39. The van der Waals surface area contributed by atoms with E-state index in [1.807, 2.05) is 13.8 Å². The van der Waals surface area contributed by atoms with Crippen LogP contribution in [0.3, 0.4) is 0 Å². The predicted octanol–water partition coefficient (Wildman–Crippen LogP) is 1.75. The molecule has 0 amide bonds. The Balaban J connectivity index is 2.36. The second-order valence-electron chi connectivity index (χ2n) is 1.90. The number of epoxide rings is 1. The molecule has 1 aliphatic heterocycles. The number of hydrogen-bond acceptors (Lipinski definition) is 1. The standard InChI is InChI=1S/C5H9ClO/c1-3-5(6)4(2)7-5/h4H,3H2,1-2H3. The molecule has 2 atom stereocenters. The molecule has 0 aromatic rings. The van der Waals surface area contributed by atoms with Crippen molar-refractivity contribution in [1.82, 2.24) is 0 Å². The van der Waals surface area contributed by atoms with Gasteiger partial charge >= 0.3 is 0 Å². The van der Waals surface area contributed by atoms with Gasteiger partial charge < -0.3 is 4.74 Å². The monoisotopic (exact) mass is 120 g/mol. The summed E-state index contributed by atoms with van der Waals surface area (Å²) in [4.78, 5) is 0. The largest absolute Gasteiger partial charge is 0.350 e. The molecule has 42 valence electrons. The highest BCUT2D eigenvalue weighted by Gasteiger charge is 2.49. The molecule has 0 saturated carbocycles. The minimum Gasteiger partial charge on any atom is -0.350 e. The molecule has 0 radical (unpaired) electrons. The van der Waals surface area contributed by atoms with Gasteiger partial charge in [0.05, 0.1) is 0 Å². The van der Waals surface area contributed by atoms with Gasteiger partial charge in [-0.2, -0.15) is 0 Å². The molecule has 0 aromatic carbocycles. The number of halogens is 1. The minimum absolute atomic E-state index is 0.277. The summed E-state index contributed by atoms with van der Waals surface area (Å²) in [5, 5.41) is -0.278. The first-order chi connectivity index (χ1) is 3.19. The molecule has 1 aliphatic rings. The van der Waals surface area contributed by atoms with E-state index in [0.29, 0.717) is 0 Å². The third-order valence-electron chi connectivity index (χ3n) is 1.40. The van der Waals surface area contributed by atoms with Crippen molar-refractivity contribution >= 4 is 11.6 Å². The van der Waals surface area contributed by atoms with E-state index in [2.05, 4.69) is 0 Å². The molecule has 0 bridgehead atoms. The molecule has 0 spiro atoms. The number of rotatable bonds is 1. The van der Waals surface area contributed by atoms with Crippen LogP contribution in [0.4, 0.5) is 0 Å². The zero-order chi connectivity index (χ0) is 5.49. The molecule has 1 rings (SSSR count). The first-order valence-electron chi connectivity index (χ1n) is 2.56. The smallest absolute Gasteiger partial charge is 0.167 e. The molecule has 7 heavy (non-hydrogen) atoms. The van der Waals surface area contributed by atoms with Crippen molar-refractivity contribution in [2.75, 3.05) is 0 Å². The van der Waals surface area contributed by atoms with Gasteiger partial charge in [-0.05, 0) is 13.3 Å². The Morgan fingerprint density at radius 2 is 2.29 bits per heavy atom. The van der Waals surface area contributed by atoms with Gasteiger partial charge in [0, 0.05) is 0 Å². The van der Waals surface area contributed by atoms with Crippen LogP contribution in [0.25, 0.3) is 0 Å². The number of ether oxygens (including phenoxy) is 1. The van der Waals surface area contributed by atoms with E-state index in [4.69, 9.17) is 16.3 Å². The second kappa shape index (κ2) is 1.36. The Labute approximate surface area is 48.6 Å². The maximum absolute atomic E-state index is 5.76. The van der Waals surface area contributed by atoms with Crippen LogP contribution in [-0.2, 0) is 4.74 Å². The molecule has 0 aromatic heterocycles. The van der Waals surface area contributed by atoms with Gasteiger partial charge in [0.1, 0.15) is 6.10 Å². The van der Waals surface area contributed by atoms with E-state index in [-0.39, 0.29) is 11.2 Å². The molecule has 2 heteroatoms. The Bertz CT molecular complexity index is 80.1. The third kappa shape index (κ3) is 0.752. The summed E-state index contributed by atoms with van der Waals surface area (Å²) in [5.74, 6) is 0.